The lowest BCUT2D eigenvalue weighted by molar-refractivity contribution is -0.137. The van der Waals surface area contributed by atoms with Gasteiger partial charge in [-0.15, -0.1) is 0 Å². The van der Waals surface area contributed by atoms with Gasteiger partial charge in [0.25, 0.3) is 5.91 Å². The molecule has 4 rings (SSSR count). The molecule has 0 aliphatic carbocycles. The maximum absolute atomic E-state index is 12.2. The SMILES string of the molecule is COC(=O)c1nn(-c2cc(C#N)cc(C#CC3(O)CCN(C)C3=O)c2)c2ncccc12. The number of benzene rings is 1. The summed E-state index contributed by atoms with van der Waals surface area (Å²) in [5, 5.41) is 24.8. The lowest BCUT2D eigenvalue weighted by atomic mass is 10.0. The maximum atomic E-state index is 12.2. The summed E-state index contributed by atoms with van der Waals surface area (Å²) in [5.41, 5.74) is -0.108. The van der Waals surface area contributed by atoms with Crippen molar-refractivity contribution < 1.29 is 19.4 Å². The third-order valence-corrected chi connectivity index (χ3v) is 5.04. The lowest BCUT2D eigenvalue weighted by Gasteiger charge is -2.13. The number of aliphatic hydroxyl groups is 1. The summed E-state index contributed by atoms with van der Waals surface area (Å²) in [6.45, 7) is 0.411. The Balaban J connectivity index is 1.84. The molecule has 3 aromatic rings. The summed E-state index contributed by atoms with van der Waals surface area (Å²) >= 11 is 0. The third kappa shape index (κ3) is 3.48. The van der Waals surface area contributed by atoms with Crippen LogP contribution >= 0.6 is 0 Å². The molecule has 1 saturated heterocycles. The van der Waals surface area contributed by atoms with Crippen molar-refractivity contribution in [3.63, 3.8) is 0 Å². The first-order chi connectivity index (χ1) is 14.9. The Bertz CT molecular complexity index is 1330. The van der Waals surface area contributed by atoms with Gasteiger partial charge in [0.05, 0.1) is 29.8 Å². The number of pyridine rings is 1. The molecule has 0 spiro atoms. The second-order valence-electron chi connectivity index (χ2n) is 7.09. The van der Waals surface area contributed by atoms with Crippen molar-refractivity contribution >= 4 is 22.9 Å². The van der Waals surface area contributed by atoms with E-state index in [1.807, 2.05) is 0 Å². The zero-order valence-electron chi connectivity index (χ0n) is 16.8. The molecule has 1 aliphatic heterocycles. The molecule has 31 heavy (non-hydrogen) atoms. The van der Waals surface area contributed by atoms with Crippen LogP contribution in [0.5, 0.6) is 0 Å². The number of methoxy groups -OCH3 is 1. The van der Waals surface area contributed by atoms with E-state index in [4.69, 9.17) is 4.74 Å². The quantitative estimate of drug-likeness (QED) is 0.490. The minimum Gasteiger partial charge on any atom is -0.464 e. The third-order valence-electron chi connectivity index (χ3n) is 5.04. The molecule has 2 aromatic heterocycles. The molecular formula is C22H17N5O4. The van der Waals surface area contributed by atoms with E-state index in [1.165, 1.54) is 16.7 Å². The molecule has 1 aromatic carbocycles. The van der Waals surface area contributed by atoms with Crippen LogP contribution in [0.1, 0.15) is 28.0 Å². The molecule has 0 bridgehead atoms. The van der Waals surface area contributed by atoms with Crippen molar-refractivity contribution in [1.29, 1.82) is 5.26 Å². The summed E-state index contributed by atoms with van der Waals surface area (Å²) in [6, 6.07) is 10.2. The minimum atomic E-state index is -1.75. The van der Waals surface area contributed by atoms with E-state index in [1.54, 1.807) is 43.6 Å². The van der Waals surface area contributed by atoms with Crippen molar-refractivity contribution in [3.8, 4) is 23.6 Å². The van der Waals surface area contributed by atoms with Crippen LogP contribution in [-0.4, -0.2) is 63.0 Å². The van der Waals surface area contributed by atoms with Gasteiger partial charge in [0, 0.05) is 31.8 Å². The number of ether oxygens (including phenoxy) is 1. The number of esters is 1. The van der Waals surface area contributed by atoms with Gasteiger partial charge in [-0.3, -0.25) is 4.79 Å². The number of fused-ring (bicyclic) bond motifs is 1. The second kappa shape index (κ2) is 7.56. The van der Waals surface area contributed by atoms with Gasteiger partial charge in [-0.05, 0) is 30.3 Å². The predicted molar refractivity (Wildman–Crippen MR) is 109 cm³/mol. The van der Waals surface area contributed by atoms with E-state index in [2.05, 4.69) is 28.0 Å². The number of nitriles is 1. The predicted octanol–water partition coefficient (Wildman–Crippen LogP) is 1.02. The summed E-state index contributed by atoms with van der Waals surface area (Å²) in [7, 11) is 2.87. The number of rotatable bonds is 2. The monoisotopic (exact) mass is 415 g/mol. The standard InChI is InChI=1S/C22H17N5O4/c1-26-9-7-22(30,21(26)29)6-5-14-10-15(13-23)12-16(11-14)27-19-17(4-3-8-24-19)18(25-27)20(28)31-2/h3-4,8,10-12,30H,7,9H2,1-2H3. The Morgan fingerprint density at radius 3 is 2.77 bits per heavy atom. The van der Waals surface area contributed by atoms with Crippen LogP contribution in [0.4, 0.5) is 0 Å². The summed E-state index contributed by atoms with van der Waals surface area (Å²) in [6.07, 6.45) is 1.77. The van der Waals surface area contributed by atoms with Crippen molar-refractivity contribution in [2.45, 2.75) is 12.0 Å². The van der Waals surface area contributed by atoms with E-state index < -0.39 is 17.5 Å². The number of carbonyl (C=O) groups excluding carboxylic acids is 2. The summed E-state index contributed by atoms with van der Waals surface area (Å²) < 4.78 is 6.23. The number of nitrogens with zero attached hydrogens (tertiary/aromatic N) is 5. The molecule has 0 saturated carbocycles. The van der Waals surface area contributed by atoms with Gasteiger partial charge in [0.2, 0.25) is 5.60 Å². The van der Waals surface area contributed by atoms with Crippen molar-refractivity contribution in [1.82, 2.24) is 19.7 Å². The molecule has 1 unspecified atom stereocenters. The average Bonchev–Trinajstić information content (AvgIpc) is 3.31. The Morgan fingerprint density at radius 1 is 1.32 bits per heavy atom. The second-order valence-corrected chi connectivity index (χ2v) is 7.09. The van der Waals surface area contributed by atoms with Crippen LogP contribution in [0, 0.1) is 23.2 Å². The summed E-state index contributed by atoms with van der Waals surface area (Å²) in [5.74, 6) is 4.37. The van der Waals surface area contributed by atoms with Crippen LogP contribution in [-0.2, 0) is 9.53 Å². The van der Waals surface area contributed by atoms with E-state index >= 15 is 0 Å². The number of hydrogen-bond donors (Lipinski definition) is 1. The van der Waals surface area contributed by atoms with E-state index in [0.717, 1.165) is 0 Å². The highest BCUT2D eigenvalue weighted by Gasteiger charge is 2.42. The molecule has 1 atom stereocenters. The largest absolute Gasteiger partial charge is 0.464 e. The lowest BCUT2D eigenvalue weighted by Crippen LogP contribution is -2.37. The Morgan fingerprint density at radius 2 is 2.10 bits per heavy atom. The van der Waals surface area contributed by atoms with Crippen molar-refractivity contribution in [2.24, 2.45) is 0 Å². The maximum Gasteiger partial charge on any atom is 0.359 e. The van der Waals surface area contributed by atoms with Gasteiger partial charge in [-0.2, -0.15) is 10.4 Å². The van der Waals surface area contributed by atoms with Gasteiger partial charge in [-0.25, -0.2) is 14.5 Å². The zero-order valence-corrected chi connectivity index (χ0v) is 16.8. The Hall–Kier alpha value is -4.21. The van der Waals surface area contributed by atoms with Crippen LogP contribution in [0.2, 0.25) is 0 Å². The molecule has 1 fully saturated rings. The first-order valence-electron chi connectivity index (χ1n) is 9.35. The highest BCUT2D eigenvalue weighted by molar-refractivity contribution is 6.01. The smallest absolute Gasteiger partial charge is 0.359 e. The summed E-state index contributed by atoms with van der Waals surface area (Å²) in [4.78, 5) is 30.0. The van der Waals surface area contributed by atoms with Gasteiger partial charge in [0.1, 0.15) is 0 Å². The van der Waals surface area contributed by atoms with Gasteiger partial charge in [-0.1, -0.05) is 11.8 Å². The number of likely N-dealkylation sites (N-methyl/N-ethyl adjacent to an activating group) is 1. The van der Waals surface area contributed by atoms with Gasteiger partial charge < -0.3 is 14.7 Å². The normalized spacial score (nSPS) is 17.9. The zero-order chi connectivity index (χ0) is 22.2. The number of aromatic nitrogens is 3. The van der Waals surface area contributed by atoms with Gasteiger partial charge in [0.15, 0.2) is 11.3 Å². The molecule has 3 heterocycles. The van der Waals surface area contributed by atoms with Gasteiger partial charge >= 0.3 is 5.97 Å². The number of amides is 1. The Labute approximate surface area is 177 Å². The molecular weight excluding hydrogens is 398 g/mol. The van der Waals surface area contributed by atoms with E-state index in [9.17, 15) is 20.0 Å². The molecule has 1 amide bonds. The first kappa shape index (κ1) is 20.1. The van der Waals surface area contributed by atoms with Crippen LogP contribution in [0.3, 0.4) is 0 Å². The van der Waals surface area contributed by atoms with E-state index in [-0.39, 0.29) is 12.1 Å². The fourth-order valence-electron chi connectivity index (χ4n) is 3.39. The molecule has 9 nitrogen and oxygen atoms in total. The van der Waals surface area contributed by atoms with Crippen molar-refractivity contribution in [2.75, 3.05) is 20.7 Å². The topological polar surface area (TPSA) is 121 Å². The number of hydrogen-bond acceptors (Lipinski definition) is 7. The number of carbonyl (C=O) groups is 2. The average molecular weight is 415 g/mol. The highest BCUT2D eigenvalue weighted by Crippen LogP contribution is 2.24. The number of likely N-dealkylation sites (tertiary alicyclic amines) is 1. The highest BCUT2D eigenvalue weighted by atomic mass is 16.5. The molecule has 154 valence electrons. The van der Waals surface area contributed by atoms with Crippen LogP contribution < -0.4 is 0 Å². The van der Waals surface area contributed by atoms with Crippen molar-refractivity contribution in [3.05, 3.63) is 53.3 Å². The molecule has 9 heteroatoms. The minimum absolute atomic E-state index is 0.0921. The van der Waals surface area contributed by atoms with Crippen LogP contribution in [0.15, 0.2) is 36.5 Å². The fourth-order valence-corrected chi connectivity index (χ4v) is 3.39. The molecule has 1 aliphatic rings. The Kier molecular flexibility index (Phi) is 4.90. The molecule has 1 N–H and O–H groups in total. The van der Waals surface area contributed by atoms with Crippen LogP contribution in [0.25, 0.3) is 16.7 Å². The van der Waals surface area contributed by atoms with E-state index in [0.29, 0.717) is 34.4 Å². The molecule has 0 radical (unpaired) electrons. The fraction of sp³-hybridized carbons (Fsp3) is 0.227. The first-order valence-corrected chi connectivity index (χ1v) is 9.35.